The summed E-state index contributed by atoms with van der Waals surface area (Å²) in [4.78, 5) is 20.5. The average Bonchev–Trinajstić information content (AvgIpc) is 2.54. The van der Waals surface area contributed by atoms with E-state index in [0.717, 1.165) is 30.3 Å². The summed E-state index contributed by atoms with van der Waals surface area (Å²) < 4.78 is 32.1. The Bertz CT molecular complexity index is 966. The smallest absolute Gasteiger partial charge is 0.271 e. The van der Waals surface area contributed by atoms with E-state index < -0.39 is 31.4 Å². The van der Waals surface area contributed by atoms with Gasteiger partial charge in [-0.05, 0) is 23.8 Å². The Kier molecular flexibility index (Phi) is 8.01. The molecule has 0 heterocycles. The molecule has 0 saturated heterocycles. The number of carbonyl (C=O) groups is 1. The fourth-order valence-electron chi connectivity index (χ4n) is 1.93. The first-order valence-corrected chi connectivity index (χ1v) is 8.38. The fraction of sp³-hybridized carbons (Fsp3) is 0.0714. The first kappa shape index (κ1) is 22.8. The number of nitro groups is 1. The SMILES string of the molecule is COc1ccc([N+](=O)[O-])cc1NS(=O)(=O)c1cc(C(=O)[O-])ccc1Cl.[K]. The van der Waals surface area contributed by atoms with Gasteiger partial charge in [-0.1, -0.05) is 17.7 Å². The first-order chi connectivity index (χ1) is 11.7. The number of benzene rings is 2. The van der Waals surface area contributed by atoms with Gasteiger partial charge in [0.1, 0.15) is 10.6 Å². The number of hydrogen-bond acceptors (Lipinski definition) is 7. The maximum atomic E-state index is 12.5. The van der Waals surface area contributed by atoms with Crippen molar-refractivity contribution in [1.82, 2.24) is 0 Å². The molecule has 133 valence electrons. The minimum absolute atomic E-state index is 0. The number of carboxylic acid groups (broad SMARTS) is 1. The molecule has 0 saturated carbocycles. The van der Waals surface area contributed by atoms with E-state index in [1.165, 1.54) is 13.2 Å². The Hall–Kier alpha value is -1.21. The predicted octanol–water partition coefficient (Wildman–Crippen LogP) is 1.04. The molecule has 0 amide bonds. The second-order valence-corrected chi connectivity index (χ2v) is 6.74. The second kappa shape index (κ2) is 9.13. The third kappa shape index (κ3) is 5.16. The molecule has 2 aromatic rings. The van der Waals surface area contributed by atoms with Crippen LogP contribution < -0.4 is 14.6 Å². The van der Waals surface area contributed by atoms with Gasteiger partial charge in [0.2, 0.25) is 0 Å². The molecule has 0 atom stereocenters. The molecule has 0 spiro atoms. The van der Waals surface area contributed by atoms with Gasteiger partial charge in [-0.3, -0.25) is 14.8 Å². The van der Waals surface area contributed by atoms with Crippen molar-refractivity contribution < 1.29 is 28.0 Å². The zero-order chi connectivity index (χ0) is 18.8. The minimum atomic E-state index is -4.35. The number of carboxylic acids is 1. The number of non-ortho nitro benzene ring substituents is 1. The van der Waals surface area contributed by atoms with Crippen molar-refractivity contribution in [3.8, 4) is 5.75 Å². The predicted molar refractivity (Wildman–Crippen MR) is 92.0 cm³/mol. The molecule has 0 bridgehead atoms. The molecule has 0 aliphatic heterocycles. The van der Waals surface area contributed by atoms with Gasteiger partial charge in [0.15, 0.2) is 0 Å². The number of nitrogens with one attached hydrogen (secondary N) is 1. The van der Waals surface area contributed by atoms with Gasteiger partial charge < -0.3 is 14.6 Å². The van der Waals surface area contributed by atoms with Crippen molar-refractivity contribution in [3.63, 3.8) is 0 Å². The van der Waals surface area contributed by atoms with Crippen LogP contribution in [0.5, 0.6) is 5.75 Å². The number of hydrogen-bond donors (Lipinski definition) is 1. The maximum Gasteiger partial charge on any atom is 0.271 e. The van der Waals surface area contributed by atoms with Crippen LogP contribution in [0.3, 0.4) is 0 Å². The van der Waals surface area contributed by atoms with Crippen molar-refractivity contribution in [2.75, 3.05) is 11.8 Å². The van der Waals surface area contributed by atoms with Crippen molar-refractivity contribution >= 4 is 90.4 Å². The number of methoxy groups -OCH3 is 1. The summed E-state index contributed by atoms with van der Waals surface area (Å²) in [6.45, 7) is 0. The first-order valence-electron chi connectivity index (χ1n) is 6.52. The van der Waals surface area contributed by atoms with Crippen LogP contribution in [0, 0.1) is 10.1 Å². The van der Waals surface area contributed by atoms with Gasteiger partial charge in [0.25, 0.3) is 15.7 Å². The molecule has 0 aromatic heterocycles. The van der Waals surface area contributed by atoms with Crippen molar-refractivity contribution in [2.24, 2.45) is 0 Å². The standard InChI is InChI=1S/C14H11ClN2O7S.K/c1-24-12-5-3-9(17(20)21)7-11(12)16-25(22,23)13-6-8(14(18)19)2-4-10(13)15;/h2-7,16H,1H3,(H,18,19);/p-1. The molecule has 12 heteroatoms. The number of nitro benzene ring substituents is 1. The van der Waals surface area contributed by atoms with E-state index in [-0.39, 0.29) is 73.5 Å². The van der Waals surface area contributed by atoms with E-state index in [9.17, 15) is 28.4 Å². The molecule has 0 aliphatic rings. The molecular weight excluding hydrogens is 415 g/mol. The Morgan fingerprint density at radius 3 is 2.42 bits per heavy atom. The molecule has 0 unspecified atom stereocenters. The van der Waals surface area contributed by atoms with E-state index in [2.05, 4.69) is 4.72 Å². The maximum absolute atomic E-state index is 12.5. The summed E-state index contributed by atoms with van der Waals surface area (Å²) in [7, 11) is -3.10. The number of anilines is 1. The van der Waals surface area contributed by atoms with E-state index in [0.29, 0.717) is 0 Å². The fourth-order valence-corrected chi connectivity index (χ4v) is 3.51. The van der Waals surface area contributed by atoms with E-state index in [1.807, 2.05) is 0 Å². The molecule has 9 nitrogen and oxygen atoms in total. The zero-order valence-electron chi connectivity index (χ0n) is 13.6. The molecule has 1 N–H and O–H groups in total. The van der Waals surface area contributed by atoms with Crippen LogP contribution in [-0.4, -0.2) is 77.8 Å². The van der Waals surface area contributed by atoms with Gasteiger partial charge in [-0.15, -0.1) is 0 Å². The molecule has 2 rings (SSSR count). The van der Waals surface area contributed by atoms with Gasteiger partial charge in [-0.2, -0.15) is 0 Å². The summed E-state index contributed by atoms with van der Waals surface area (Å²) >= 11 is 5.84. The Labute approximate surface area is 195 Å². The number of aromatic carboxylic acids is 1. The van der Waals surface area contributed by atoms with Crippen LogP contribution in [0.2, 0.25) is 5.02 Å². The van der Waals surface area contributed by atoms with Crippen molar-refractivity contribution in [3.05, 3.63) is 57.1 Å². The summed E-state index contributed by atoms with van der Waals surface area (Å²) in [5, 5.41) is 21.5. The summed E-state index contributed by atoms with van der Waals surface area (Å²) in [5.74, 6) is -1.55. The Balaban J connectivity index is 0.00000338. The van der Waals surface area contributed by atoms with Crippen LogP contribution in [-0.2, 0) is 10.0 Å². The van der Waals surface area contributed by atoms with Gasteiger partial charge in [0, 0.05) is 63.5 Å². The number of nitrogens with zero attached hydrogens (tertiary/aromatic N) is 1. The molecule has 2 aromatic carbocycles. The summed E-state index contributed by atoms with van der Waals surface area (Å²) in [6, 6.07) is 6.32. The van der Waals surface area contributed by atoms with E-state index >= 15 is 0 Å². The number of sulfonamides is 1. The van der Waals surface area contributed by atoms with Crippen LogP contribution in [0.25, 0.3) is 0 Å². The normalized spacial score (nSPS) is 10.5. The largest absolute Gasteiger partial charge is 0.545 e. The van der Waals surface area contributed by atoms with Crippen LogP contribution in [0.4, 0.5) is 11.4 Å². The van der Waals surface area contributed by atoms with Crippen LogP contribution in [0.15, 0.2) is 41.3 Å². The monoisotopic (exact) mass is 424 g/mol. The van der Waals surface area contributed by atoms with Crippen LogP contribution in [0.1, 0.15) is 10.4 Å². The summed E-state index contributed by atoms with van der Waals surface area (Å²) in [6.07, 6.45) is 0. The number of halogens is 1. The Morgan fingerprint density at radius 2 is 1.88 bits per heavy atom. The molecule has 0 fully saturated rings. The number of carbonyl (C=O) groups excluding carboxylic acids is 1. The van der Waals surface area contributed by atoms with Crippen molar-refractivity contribution in [1.29, 1.82) is 0 Å². The van der Waals surface area contributed by atoms with Gasteiger partial charge >= 0.3 is 0 Å². The average molecular weight is 425 g/mol. The van der Waals surface area contributed by atoms with Crippen molar-refractivity contribution in [2.45, 2.75) is 4.90 Å². The zero-order valence-corrected chi connectivity index (χ0v) is 18.3. The van der Waals surface area contributed by atoms with Gasteiger partial charge in [0.05, 0.1) is 28.7 Å². The van der Waals surface area contributed by atoms with Gasteiger partial charge in [-0.25, -0.2) is 8.42 Å². The number of rotatable bonds is 6. The second-order valence-electron chi connectivity index (χ2n) is 4.68. The topological polar surface area (TPSA) is 139 Å². The Morgan fingerprint density at radius 1 is 1.23 bits per heavy atom. The van der Waals surface area contributed by atoms with Crippen LogP contribution >= 0.6 is 11.6 Å². The molecule has 1 radical (unpaired) electrons. The third-order valence-corrected chi connectivity index (χ3v) is 4.94. The molecule has 0 aliphatic carbocycles. The third-order valence-electron chi connectivity index (χ3n) is 3.09. The molecular formula is C14H10ClKN2O7S-. The number of ether oxygens (including phenoxy) is 1. The molecule has 26 heavy (non-hydrogen) atoms. The van der Waals surface area contributed by atoms with E-state index in [1.54, 1.807) is 0 Å². The van der Waals surface area contributed by atoms with E-state index in [4.69, 9.17) is 16.3 Å². The quantitative estimate of drug-likeness (QED) is 0.415. The minimum Gasteiger partial charge on any atom is -0.545 e. The summed E-state index contributed by atoms with van der Waals surface area (Å²) in [5.41, 5.74) is -0.963.